The molecule has 4 nitrogen and oxygen atoms in total. The molecular weight excluding hydrogens is 289 g/mol. The standard InChI is InChI=1S/C14H11F3O4/c1-2-21-12(19)13(20,14(15,16)17)8-7-10-3-5-11(9-18)6-4-10/h3-6,9,20H,2H2,1H3/t13-/m0/s1. The van der Waals surface area contributed by atoms with Crippen LogP contribution in [0.3, 0.4) is 0 Å². The fourth-order valence-electron chi connectivity index (χ4n) is 1.28. The van der Waals surface area contributed by atoms with Gasteiger partial charge < -0.3 is 9.84 Å². The number of carbonyl (C=O) groups excluding carboxylic acids is 2. The van der Waals surface area contributed by atoms with Gasteiger partial charge in [-0.2, -0.15) is 13.2 Å². The van der Waals surface area contributed by atoms with Crippen LogP contribution >= 0.6 is 0 Å². The van der Waals surface area contributed by atoms with Crippen molar-refractivity contribution in [3.05, 3.63) is 35.4 Å². The first-order chi connectivity index (χ1) is 9.74. The molecule has 1 aromatic carbocycles. The second kappa shape index (κ2) is 6.41. The van der Waals surface area contributed by atoms with Crippen molar-refractivity contribution in [1.82, 2.24) is 0 Å². The molecule has 0 fully saturated rings. The zero-order chi connectivity index (χ0) is 16.1. The first kappa shape index (κ1) is 16.7. The summed E-state index contributed by atoms with van der Waals surface area (Å²) in [6.45, 7) is 0.979. The molecule has 0 bridgehead atoms. The van der Waals surface area contributed by atoms with Crippen LogP contribution in [0, 0.1) is 11.8 Å². The lowest BCUT2D eigenvalue weighted by atomic mass is 10.0. The van der Waals surface area contributed by atoms with Gasteiger partial charge in [-0.25, -0.2) is 4.79 Å². The van der Waals surface area contributed by atoms with Crippen LogP contribution in [0.2, 0.25) is 0 Å². The van der Waals surface area contributed by atoms with Crippen molar-refractivity contribution in [2.75, 3.05) is 6.61 Å². The molecule has 1 N–H and O–H groups in total. The van der Waals surface area contributed by atoms with E-state index in [-0.39, 0.29) is 12.2 Å². The number of hydrogen-bond acceptors (Lipinski definition) is 4. The second-order valence-corrected chi connectivity index (χ2v) is 3.92. The Bertz CT molecular complexity index is 581. The Morgan fingerprint density at radius 2 is 1.90 bits per heavy atom. The third-order valence-electron chi connectivity index (χ3n) is 2.42. The fraction of sp³-hybridized carbons (Fsp3) is 0.286. The maximum Gasteiger partial charge on any atom is 0.440 e. The van der Waals surface area contributed by atoms with Gasteiger partial charge in [0, 0.05) is 11.1 Å². The summed E-state index contributed by atoms with van der Waals surface area (Å²) < 4.78 is 42.6. The molecule has 0 radical (unpaired) electrons. The number of carbonyl (C=O) groups is 2. The van der Waals surface area contributed by atoms with Crippen LogP contribution in [-0.4, -0.2) is 35.7 Å². The summed E-state index contributed by atoms with van der Waals surface area (Å²) in [5.74, 6) is 1.66. The van der Waals surface area contributed by atoms with E-state index < -0.39 is 17.7 Å². The first-order valence-corrected chi connectivity index (χ1v) is 5.79. The smallest absolute Gasteiger partial charge is 0.440 e. The molecule has 0 aliphatic rings. The third-order valence-corrected chi connectivity index (χ3v) is 2.42. The number of halogens is 3. The van der Waals surface area contributed by atoms with Gasteiger partial charge in [0.25, 0.3) is 0 Å². The summed E-state index contributed by atoms with van der Waals surface area (Å²) in [6, 6.07) is 5.26. The van der Waals surface area contributed by atoms with Crippen molar-refractivity contribution in [2.24, 2.45) is 0 Å². The van der Waals surface area contributed by atoms with Gasteiger partial charge in [-0.1, -0.05) is 18.1 Å². The number of rotatable bonds is 3. The molecule has 0 aliphatic carbocycles. The van der Waals surface area contributed by atoms with Crippen LogP contribution in [0.15, 0.2) is 24.3 Å². The first-order valence-electron chi connectivity index (χ1n) is 5.79. The normalized spacial score (nSPS) is 13.6. The summed E-state index contributed by atoms with van der Waals surface area (Å²) >= 11 is 0. The molecule has 1 atom stereocenters. The van der Waals surface area contributed by atoms with Gasteiger partial charge >= 0.3 is 17.7 Å². The summed E-state index contributed by atoms with van der Waals surface area (Å²) in [5, 5.41) is 9.48. The lowest BCUT2D eigenvalue weighted by Crippen LogP contribution is -2.52. The number of esters is 1. The Labute approximate surface area is 118 Å². The molecular formula is C14H11F3O4. The zero-order valence-corrected chi connectivity index (χ0v) is 10.9. The van der Waals surface area contributed by atoms with Gasteiger partial charge in [0.2, 0.25) is 0 Å². The molecule has 21 heavy (non-hydrogen) atoms. The van der Waals surface area contributed by atoms with Crippen LogP contribution in [0.4, 0.5) is 13.2 Å². The average molecular weight is 300 g/mol. The van der Waals surface area contributed by atoms with E-state index in [2.05, 4.69) is 4.74 Å². The van der Waals surface area contributed by atoms with Crippen molar-refractivity contribution in [3.63, 3.8) is 0 Å². The van der Waals surface area contributed by atoms with Crippen LogP contribution in [0.1, 0.15) is 22.8 Å². The summed E-state index contributed by atoms with van der Waals surface area (Å²) in [6.07, 6.45) is -4.74. The van der Waals surface area contributed by atoms with E-state index >= 15 is 0 Å². The van der Waals surface area contributed by atoms with E-state index in [0.717, 1.165) is 0 Å². The molecule has 0 aromatic heterocycles. The van der Waals surface area contributed by atoms with Crippen molar-refractivity contribution < 1.29 is 32.6 Å². The van der Waals surface area contributed by atoms with Crippen LogP contribution in [0.25, 0.3) is 0 Å². The summed E-state index contributed by atoms with van der Waals surface area (Å²) in [7, 11) is 0. The zero-order valence-electron chi connectivity index (χ0n) is 10.9. The number of ether oxygens (including phenoxy) is 1. The van der Waals surface area contributed by atoms with Crippen molar-refractivity contribution in [1.29, 1.82) is 0 Å². The molecule has 0 amide bonds. The van der Waals surface area contributed by atoms with Gasteiger partial charge in [-0.3, -0.25) is 4.79 Å². The van der Waals surface area contributed by atoms with Gasteiger partial charge in [0.1, 0.15) is 6.29 Å². The SMILES string of the molecule is CCOC(=O)[C@@](O)(C#Cc1ccc(C=O)cc1)C(F)(F)F. The number of benzene rings is 1. The maximum atomic E-state index is 12.8. The summed E-state index contributed by atoms with van der Waals surface area (Å²) in [4.78, 5) is 21.7. The van der Waals surface area contributed by atoms with Crippen molar-refractivity contribution in [3.8, 4) is 11.8 Å². The topological polar surface area (TPSA) is 63.6 Å². The minimum absolute atomic E-state index is 0.104. The van der Waals surface area contributed by atoms with Crippen LogP contribution in [-0.2, 0) is 9.53 Å². The molecule has 112 valence electrons. The number of aliphatic hydroxyl groups is 1. The average Bonchev–Trinajstić information content (AvgIpc) is 2.44. The van der Waals surface area contributed by atoms with E-state index in [1.165, 1.54) is 37.1 Å². The molecule has 0 saturated carbocycles. The van der Waals surface area contributed by atoms with Gasteiger partial charge in [-0.15, -0.1) is 0 Å². The molecule has 7 heteroatoms. The third kappa shape index (κ3) is 3.83. The molecule has 1 aromatic rings. The maximum absolute atomic E-state index is 12.8. The van der Waals surface area contributed by atoms with E-state index in [4.69, 9.17) is 0 Å². The van der Waals surface area contributed by atoms with Gasteiger partial charge in [0.05, 0.1) is 6.61 Å². The van der Waals surface area contributed by atoms with Crippen LogP contribution in [0.5, 0.6) is 0 Å². The highest BCUT2D eigenvalue weighted by Crippen LogP contribution is 2.31. The van der Waals surface area contributed by atoms with Crippen molar-refractivity contribution >= 4 is 12.3 Å². The Balaban J connectivity index is 3.15. The van der Waals surface area contributed by atoms with E-state index in [0.29, 0.717) is 11.8 Å². The predicted molar refractivity (Wildman–Crippen MR) is 66.3 cm³/mol. The van der Waals surface area contributed by atoms with Gasteiger partial charge in [0.15, 0.2) is 0 Å². The van der Waals surface area contributed by atoms with Gasteiger partial charge in [-0.05, 0) is 25.0 Å². The Morgan fingerprint density at radius 3 is 2.33 bits per heavy atom. The quantitative estimate of drug-likeness (QED) is 0.524. The fourth-order valence-corrected chi connectivity index (χ4v) is 1.28. The van der Waals surface area contributed by atoms with Crippen molar-refractivity contribution in [2.45, 2.75) is 18.7 Å². The molecule has 0 spiro atoms. The largest absolute Gasteiger partial charge is 0.463 e. The Morgan fingerprint density at radius 1 is 1.33 bits per heavy atom. The molecule has 0 saturated heterocycles. The van der Waals surface area contributed by atoms with Crippen LogP contribution < -0.4 is 0 Å². The highest BCUT2D eigenvalue weighted by Gasteiger charge is 2.60. The minimum atomic E-state index is -5.30. The number of hydrogen-bond donors (Lipinski definition) is 1. The monoisotopic (exact) mass is 300 g/mol. The number of alkyl halides is 3. The van der Waals surface area contributed by atoms with E-state index in [9.17, 15) is 27.9 Å². The highest BCUT2D eigenvalue weighted by atomic mass is 19.4. The summed E-state index contributed by atoms with van der Waals surface area (Å²) in [5.41, 5.74) is -3.48. The molecule has 0 unspecified atom stereocenters. The minimum Gasteiger partial charge on any atom is -0.463 e. The molecule has 0 heterocycles. The molecule has 0 aliphatic heterocycles. The Kier molecular flexibility index (Phi) is 5.11. The predicted octanol–water partition coefficient (Wildman–Crippen LogP) is 1.71. The highest BCUT2D eigenvalue weighted by molar-refractivity contribution is 5.84. The van der Waals surface area contributed by atoms with E-state index in [1.54, 1.807) is 0 Å². The van der Waals surface area contributed by atoms with E-state index in [1.807, 2.05) is 5.92 Å². The number of aldehydes is 1. The molecule has 1 rings (SSSR count). The lowest BCUT2D eigenvalue weighted by Gasteiger charge is -2.22. The second-order valence-electron chi connectivity index (χ2n) is 3.92. The lowest BCUT2D eigenvalue weighted by molar-refractivity contribution is -0.242. The Hall–Kier alpha value is -2.33.